The highest BCUT2D eigenvalue weighted by atomic mass is 79.9. The number of hydrogen-bond acceptors (Lipinski definition) is 6. The van der Waals surface area contributed by atoms with Crippen molar-refractivity contribution < 1.29 is 24.4 Å². The Bertz CT molecular complexity index is 1610. The number of ether oxygens (including phenoxy) is 1. The van der Waals surface area contributed by atoms with Crippen molar-refractivity contribution in [3.63, 3.8) is 0 Å². The molecule has 38 heavy (non-hydrogen) atoms. The summed E-state index contributed by atoms with van der Waals surface area (Å²) in [5, 5.41) is 23.6. The number of aliphatic hydroxyl groups is 1. The average Bonchev–Trinajstić information content (AvgIpc) is 3.44. The van der Waals surface area contributed by atoms with Crippen LogP contribution in [0.1, 0.15) is 22.7 Å². The molecule has 1 aliphatic heterocycles. The molecule has 4 aromatic rings. The molecule has 1 saturated heterocycles. The van der Waals surface area contributed by atoms with Gasteiger partial charge in [0.2, 0.25) is 0 Å². The second-order valence-electron chi connectivity index (χ2n) is 8.83. The van der Waals surface area contributed by atoms with Crippen molar-refractivity contribution in [3.8, 4) is 5.75 Å². The van der Waals surface area contributed by atoms with Crippen LogP contribution in [0.2, 0.25) is 0 Å². The van der Waals surface area contributed by atoms with Crippen LogP contribution in [0.3, 0.4) is 0 Å². The Labute approximate surface area is 225 Å². The number of carbonyl (C=O) groups is 2. The van der Waals surface area contributed by atoms with Gasteiger partial charge >= 0.3 is 0 Å². The fourth-order valence-corrected chi connectivity index (χ4v) is 5.03. The van der Waals surface area contributed by atoms with E-state index in [-0.39, 0.29) is 23.6 Å². The van der Waals surface area contributed by atoms with Gasteiger partial charge in [-0.3, -0.25) is 19.7 Å². The molecule has 1 amide bonds. The Morgan fingerprint density at radius 2 is 1.89 bits per heavy atom. The number of ketones is 1. The van der Waals surface area contributed by atoms with Crippen LogP contribution >= 0.6 is 15.9 Å². The maximum absolute atomic E-state index is 13.3. The van der Waals surface area contributed by atoms with Crippen molar-refractivity contribution in [2.75, 3.05) is 13.7 Å². The second-order valence-corrected chi connectivity index (χ2v) is 9.74. The Kier molecular flexibility index (Phi) is 6.73. The largest absolute Gasteiger partial charge is 0.507 e. The van der Waals surface area contributed by atoms with Crippen LogP contribution in [0.5, 0.6) is 5.75 Å². The van der Waals surface area contributed by atoms with Crippen LogP contribution in [-0.4, -0.2) is 45.3 Å². The zero-order valence-electron chi connectivity index (χ0n) is 20.2. The van der Waals surface area contributed by atoms with Crippen molar-refractivity contribution >= 4 is 50.0 Å². The number of nitro groups is 1. The number of fused-ring (bicyclic) bond motifs is 1. The van der Waals surface area contributed by atoms with E-state index in [0.29, 0.717) is 23.3 Å². The molecule has 1 aromatic heterocycles. The lowest BCUT2D eigenvalue weighted by Crippen LogP contribution is -2.31. The zero-order valence-corrected chi connectivity index (χ0v) is 21.8. The SMILES string of the molecule is COc1ccc2[nH]cc(CCN3C(=O)C(=O)C(=C(O)c4ccc(Br)cc4)[C@@H]3c3cccc([N+](=O)[O-])c3)c2c1. The molecular weight excluding hydrogens is 554 g/mol. The van der Waals surface area contributed by atoms with Gasteiger partial charge in [-0.05, 0) is 47.9 Å². The third kappa shape index (κ3) is 4.54. The predicted molar refractivity (Wildman–Crippen MR) is 145 cm³/mol. The van der Waals surface area contributed by atoms with Gasteiger partial charge in [-0.2, -0.15) is 0 Å². The number of aliphatic hydroxyl groups excluding tert-OH is 1. The zero-order chi connectivity index (χ0) is 27.0. The third-order valence-electron chi connectivity index (χ3n) is 6.65. The van der Waals surface area contributed by atoms with Gasteiger partial charge in [0.25, 0.3) is 17.4 Å². The number of halogens is 1. The minimum atomic E-state index is -1.00. The predicted octanol–water partition coefficient (Wildman–Crippen LogP) is 5.51. The molecule has 1 aliphatic rings. The second kappa shape index (κ2) is 10.1. The van der Waals surface area contributed by atoms with Crippen LogP contribution in [-0.2, 0) is 16.0 Å². The van der Waals surface area contributed by atoms with E-state index in [1.54, 1.807) is 37.4 Å². The number of likely N-dealkylation sites (tertiary alicyclic amines) is 1. The number of rotatable bonds is 7. The normalized spacial score (nSPS) is 16.8. The van der Waals surface area contributed by atoms with Crippen molar-refractivity contribution in [1.82, 2.24) is 9.88 Å². The number of non-ortho nitro benzene ring substituents is 1. The Morgan fingerprint density at radius 3 is 2.61 bits per heavy atom. The van der Waals surface area contributed by atoms with Crippen molar-refractivity contribution in [2.45, 2.75) is 12.5 Å². The molecule has 1 atom stereocenters. The number of carbonyl (C=O) groups excluding carboxylic acids is 2. The first kappa shape index (κ1) is 25.2. The topological polar surface area (TPSA) is 126 Å². The van der Waals surface area contributed by atoms with E-state index in [9.17, 15) is 24.8 Å². The molecule has 2 N–H and O–H groups in total. The van der Waals surface area contributed by atoms with Gasteiger partial charge in [0.05, 0.1) is 23.6 Å². The molecule has 1 fully saturated rings. The lowest BCUT2D eigenvalue weighted by Gasteiger charge is -2.25. The highest BCUT2D eigenvalue weighted by molar-refractivity contribution is 9.10. The van der Waals surface area contributed by atoms with E-state index in [2.05, 4.69) is 20.9 Å². The number of nitrogens with one attached hydrogen (secondary N) is 1. The summed E-state index contributed by atoms with van der Waals surface area (Å²) in [6, 6.07) is 17.1. The van der Waals surface area contributed by atoms with Crippen LogP contribution < -0.4 is 4.74 Å². The highest BCUT2D eigenvalue weighted by Crippen LogP contribution is 2.40. The average molecular weight is 576 g/mol. The minimum Gasteiger partial charge on any atom is -0.507 e. The summed E-state index contributed by atoms with van der Waals surface area (Å²) >= 11 is 3.34. The molecule has 0 radical (unpaired) electrons. The molecule has 5 rings (SSSR count). The number of Topliss-reactive ketones (excluding diaryl/α,β-unsaturated/α-hetero) is 1. The third-order valence-corrected chi connectivity index (χ3v) is 7.18. The monoisotopic (exact) mass is 575 g/mol. The molecule has 0 saturated carbocycles. The molecule has 10 heteroatoms. The van der Waals surface area contributed by atoms with E-state index in [1.165, 1.54) is 23.1 Å². The Morgan fingerprint density at radius 1 is 1.13 bits per heavy atom. The summed E-state index contributed by atoms with van der Waals surface area (Å²) in [6.45, 7) is 0.138. The molecular formula is C28H22BrN3O6. The van der Waals surface area contributed by atoms with Crippen molar-refractivity contribution in [3.05, 3.63) is 110 Å². The summed E-state index contributed by atoms with van der Waals surface area (Å²) in [6.07, 6.45) is 2.23. The summed E-state index contributed by atoms with van der Waals surface area (Å²) in [4.78, 5) is 42.1. The number of H-pyrrole nitrogens is 1. The van der Waals surface area contributed by atoms with Crippen molar-refractivity contribution in [2.24, 2.45) is 0 Å². The fourth-order valence-electron chi connectivity index (χ4n) is 4.76. The van der Waals surface area contributed by atoms with Crippen LogP contribution in [0, 0.1) is 10.1 Å². The molecule has 0 bridgehead atoms. The van der Waals surface area contributed by atoms with E-state index in [0.717, 1.165) is 20.9 Å². The Balaban J connectivity index is 1.58. The minimum absolute atomic E-state index is 0.113. The number of amides is 1. The lowest BCUT2D eigenvalue weighted by atomic mass is 9.95. The number of methoxy groups -OCH3 is 1. The molecule has 9 nitrogen and oxygen atoms in total. The van der Waals surface area contributed by atoms with Crippen LogP contribution in [0.25, 0.3) is 16.7 Å². The van der Waals surface area contributed by atoms with Gasteiger partial charge in [-0.15, -0.1) is 0 Å². The van der Waals surface area contributed by atoms with Gasteiger partial charge in [0.15, 0.2) is 0 Å². The highest BCUT2D eigenvalue weighted by Gasteiger charge is 2.46. The van der Waals surface area contributed by atoms with Crippen LogP contribution in [0.15, 0.2) is 83.0 Å². The first-order valence-corrected chi connectivity index (χ1v) is 12.5. The van der Waals surface area contributed by atoms with E-state index in [4.69, 9.17) is 4.74 Å². The lowest BCUT2D eigenvalue weighted by molar-refractivity contribution is -0.384. The molecule has 3 aromatic carbocycles. The van der Waals surface area contributed by atoms with Gasteiger partial charge < -0.3 is 19.7 Å². The van der Waals surface area contributed by atoms with E-state index >= 15 is 0 Å². The number of benzene rings is 3. The number of nitro benzene ring substituents is 1. The van der Waals surface area contributed by atoms with Gasteiger partial charge in [0.1, 0.15) is 11.5 Å². The first-order chi connectivity index (χ1) is 18.3. The number of hydrogen-bond donors (Lipinski definition) is 2. The standard InChI is InChI=1S/C28H22BrN3O6/c1-38-21-9-10-23-22(14-21)18(15-30-23)11-12-31-25(17-3-2-4-20(13-17)32(36)37)24(27(34)28(31)35)26(33)16-5-7-19(29)8-6-16/h2-10,13-15,25,30,33H,11-12H2,1H3/t25-/m0/s1. The first-order valence-electron chi connectivity index (χ1n) is 11.7. The molecule has 2 heterocycles. The van der Waals surface area contributed by atoms with Crippen molar-refractivity contribution in [1.29, 1.82) is 0 Å². The number of aromatic nitrogens is 1. The van der Waals surface area contributed by atoms with E-state index in [1.807, 2.05) is 24.4 Å². The summed E-state index contributed by atoms with van der Waals surface area (Å²) in [5.41, 5.74) is 2.22. The molecule has 0 unspecified atom stereocenters. The van der Waals surface area contributed by atoms with E-state index < -0.39 is 22.7 Å². The maximum Gasteiger partial charge on any atom is 0.295 e. The molecule has 0 aliphatic carbocycles. The van der Waals surface area contributed by atoms with Gasteiger partial charge in [0, 0.05) is 45.8 Å². The smallest absolute Gasteiger partial charge is 0.295 e. The summed E-state index contributed by atoms with van der Waals surface area (Å²) in [7, 11) is 1.58. The maximum atomic E-state index is 13.3. The van der Waals surface area contributed by atoms with Gasteiger partial charge in [-0.1, -0.05) is 40.2 Å². The quantitative estimate of drug-likeness (QED) is 0.0983. The Hall–Kier alpha value is -4.44. The number of nitrogens with zero attached hydrogens (tertiary/aromatic N) is 2. The number of aromatic amines is 1. The summed E-state index contributed by atoms with van der Waals surface area (Å²) in [5.74, 6) is -1.28. The molecule has 0 spiro atoms. The molecule has 192 valence electrons. The summed E-state index contributed by atoms with van der Waals surface area (Å²) < 4.78 is 6.11. The van der Waals surface area contributed by atoms with Crippen LogP contribution in [0.4, 0.5) is 5.69 Å². The fraction of sp³-hybridized carbons (Fsp3) is 0.143. The van der Waals surface area contributed by atoms with Gasteiger partial charge in [-0.25, -0.2) is 0 Å².